The van der Waals surface area contributed by atoms with Crippen LogP contribution < -0.4 is 14.8 Å². The number of aromatic nitrogens is 3. The molecular formula is C24H30N4O5S. The number of sulfone groups is 1. The normalized spacial score (nSPS) is 17.6. The zero-order valence-corrected chi connectivity index (χ0v) is 21.1. The van der Waals surface area contributed by atoms with Crippen molar-refractivity contribution >= 4 is 26.8 Å². The molecule has 1 aliphatic rings. The predicted octanol–water partition coefficient (Wildman–Crippen LogP) is 3.31. The highest BCUT2D eigenvalue weighted by Crippen LogP contribution is 2.35. The Bertz CT molecular complexity index is 1370. The van der Waals surface area contributed by atoms with E-state index in [1.807, 2.05) is 33.8 Å². The number of carbonyl (C=O) groups is 1. The first-order valence-corrected chi connectivity index (χ1v) is 12.9. The number of amides is 1. The van der Waals surface area contributed by atoms with E-state index < -0.39 is 15.4 Å². The number of methoxy groups -OCH3 is 2. The van der Waals surface area contributed by atoms with Gasteiger partial charge in [-0.15, -0.1) is 0 Å². The van der Waals surface area contributed by atoms with Gasteiger partial charge in [0.15, 0.2) is 27.0 Å². The number of pyridine rings is 1. The molecule has 34 heavy (non-hydrogen) atoms. The summed E-state index contributed by atoms with van der Waals surface area (Å²) in [5.74, 6) is 0.993. The second kappa shape index (κ2) is 8.57. The fourth-order valence-electron chi connectivity index (χ4n) is 4.27. The molecule has 1 saturated heterocycles. The van der Waals surface area contributed by atoms with Crippen LogP contribution in [-0.2, 0) is 9.84 Å². The standard InChI is InChI=1S/C24H30N4O5S/c1-14-21-17(23(29)26-24(2,3)4)12-18(15-7-8-19(32-5)20(11-15)33-6)25-22(21)28(27-14)16-9-10-34(30,31)13-16/h7-8,11-12,16H,9-10,13H2,1-6H3,(H,26,29). The van der Waals surface area contributed by atoms with E-state index in [-0.39, 0.29) is 23.5 Å². The van der Waals surface area contributed by atoms with Gasteiger partial charge in [0.1, 0.15) is 0 Å². The van der Waals surface area contributed by atoms with Gasteiger partial charge in [0.05, 0.1) is 54.1 Å². The molecule has 4 rings (SSSR count). The van der Waals surface area contributed by atoms with E-state index >= 15 is 0 Å². The Morgan fingerprint density at radius 1 is 1.15 bits per heavy atom. The Labute approximate surface area is 199 Å². The van der Waals surface area contributed by atoms with Gasteiger partial charge in [0.25, 0.3) is 5.91 Å². The molecule has 1 aliphatic heterocycles. The maximum atomic E-state index is 13.4. The van der Waals surface area contributed by atoms with Crippen molar-refractivity contribution in [2.45, 2.75) is 45.7 Å². The summed E-state index contributed by atoms with van der Waals surface area (Å²) in [4.78, 5) is 18.2. The van der Waals surface area contributed by atoms with Crippen LogP contribution in [-0.4, -0.2) is 60.4 Å². The van der Waals surface area contributed by atoms with Crippen LogP contribution >= 0.6 is 0 Å². The zero-order chi connectivity index (χ0) is 24.8. The Morgan fingerprint density at radius 3 is 2.44 bits per heavy atom. The van der Waals surface area contributed by atoms with E-state index in [1.54, 1.807) is 37.1 Å². The lowest BCUT2D eigenvalue weighted by atomic mass is 10.0. The second-order valence-corrected chi connectivity index (χ2v) is 11.8. The molecule has 1 N–H and O–H groups in total. The summed E-state index contributed by atoms with van der Waals surface area (Å²) in [5.41, 5.74) is 2.40. The van der Waals surface area contributed by atoms with E-state index in [9.17, 15) is 13.2 Å². The third kappa shape index (κ3) is 4.59. The van der Waals surface area contributed by atoms with Gasteiger partial charge in [-0.2, -0.15) is 5.10 Å². The maximum Gasteiger partial charge on any atom is 0.252 e. The fourth-order valence-corrected chi connectivity index (χ4v) is 5.96. The van der Waals surface area contributed by atoms with Crippen molar-refractivity contribution in [2.75, 3.05) is 25.7 Å². The van der Waals surface area contributed by atoms with Crippen molar-refractivity contribution in [3.05, 3.63) is 35.5 Å². The smallest absolute Gasteiger partial charge is 0.252 e. The molecule has 182 valence electrons. The number of nitrogens with zero attached hydrogens (tertiary/aromatic N) is 3. The summed E-state index contributed by atoms with van der Waals surface area (Å²) in [7, 11) is -0.0125. The molecule has 1 atom stereocenters. The van der Waals surface area contributed by atoms with Gasteiger partial charge >= 0.3 is 0 Å². The molecule has 3 heterocycles. The van der Waals surface area contributed by atoms with Crippen LogP contribution in [0.4, 0.5) is 0 Å². The number of nitrogens with one attached hydrogen (secondary N) is 1. The van der Waals surface area contributed by atoms with Gasteiger partial charge in [-0.1, -0.05) is 0 Å². The van der Waals surface area contributed by atoms with E-state index in [1.165, 1.54) is 0 Å². The number of ether oxygens (including phenoxy) is 2. The van der Waals surface area contributed by atoms with Gasteiger partial charge in [-0.3, -0.25) is 4.79 Å². The van der Waals surface area contributed by atoms with Crippen LogP contribution in [0.2, 0.25) is 0 Å². The van der Waals surface area contributed by atoms with Gasteiger partial charge in [0, 0.05) is 11.1 Å². The molecular weight excluding hydrogens is 456 g/mol. The number of rotatable bonds is 5. The highest BCUT2D eigenvalue weighted by Gasteiger charge is 2.33. The van der Waals surface area contributed by atoms with Crippen LogP contribution in [0.15, 0.2) is 24.3 Å². The molecule has 1 aromatic carbocycles. The van der Waals surface area contributed by atoms with Crippen molar-refractivity contribution in [1.29, 1.82) is 0 Å². The first kappa shape index (κ1) is 24.0. The Balaban J connectivity index is 1.95. The fraction of sp³-hybridized carbons (Fsp3) is 0.458. The van der Waals surface area contributed by atoms with Crippen LogP contribution in [0, 0.1) is 6.92 Å². The largest absolute Gasteiger partial charge is 0.493 e. The Hall–Kier alpha value is -3.14. The molecule has 1 fully saturated rings. The minimum Gasteiger partial charge on any atom is -0.493 e. The zero-order valence-electron chi connectivity index (χ0n) is 20.3. The van der Waals surface area contributed by atoms with E-state index in [0.717, 1.165) is 5.56 Å². The number of fused-ring (bicyclic) bond motifs is 1. The number of hydrogen-bond acceptors (Lipinski definition) is 7. The summed E-state index contributed by atoms with van der Waals surface area (Å²) in [6, 6.07) is 6.84. The van der Waals surface area contributed by atoms with Crippen LogP contribution in [0.1, 0.15) is 49.3 Å². The third-order valence-electron chi connectivity index (χ3n) is 5.80. The molecule has 0 aliphatic carbocycles. The average molecular weight is 487 g/mol. The van der Waals surface area contributed by atoms with Crippen molar-refractivity contribution < 1.29 is 22.7 Å². The number of benzene rings is 1. The van der Waals surface area contributed by atoms with Crippen molar-refractivity contribution in [3.8, 4) is 22.8 Å². The molecule has 0 bridgehead atoms. The van der Waals surface area contributed by atoms with Gasteiger partial charge in [0.2, 0.25) is 0 Å². The lowest BCUT2D eigenvalue weighted by molar-refractivity contribution is 0.0921. The third-order valence-corrected chi connectivity index (χ3v) is 7.55. The van der Waals surface area contributed by atoms with E-state index in [0.29, 0.717) is 45.9 Å². The van der Waals surface area contributed by atoms with Crippen LogP contribution in [0.5, 0.6) is 11.5 Å². The highest BCUT2D eigenvalue weighted by atomic mass is 32.2. The topological polar surface area (TPSA) is 112 Å². The minimum absolute atomic E-state index is 0.00894. The second-order valence-electron chi connectivity index (χ2n) is 9.61. The summed E-state index contributed by atoms with van der Waals surface area (Å²) < 4.78 is 36.8. The molecule has 1 unspecified atom stereocenters. The molecule has 0 radical (unpaired) electrons. The van der Waals surface area contributed by atoms with Crippen LogP contribution in [0.3, 0.4) is 0 Å². The van der Waals surface area contributed by atoms with Crippen molar-refractivity contribution in [3.63, 3.8) is 0 Å². The summed E-state index contributed by atoms with van der Waals surface area (Å²) in [6.45, 7) is 7.56. The van der Waals surface area contributed by atoms with Gasteiger partial charge in [-0.25, -0.2) is 18.1 Å². The van der Waals surface area contributed by atoms with E-state index in [2.05, 4.69) is 10.4 Å². The number of hydrogen-bond donors (Lipinski definition) is 1. The van der Waals surface area contributed by atoms with Gasteiger partial charge in [-0.05, 0) is 58.4 Å². The minimum atomic E-state index is -3.13. The molecule has 3 aromatic rings. The maximum absolute atomic E-state index is 13.4. The lowest BCUT2D eigenvalue weighted by Crippen LogP contribution is -2.40. The number of carbonyl (C=O) groups excluding carboxylic acids is 1. The molecule has 1 amide bonds. The lowest BCUT2D eigenvalue weighted by Gasteiger charge is -2.21. The van der Waals surface area contributed by atoms with Crippen LogP contribution in [0.25, 0.3) is 22.3 Å². The van der Waals surface area contributed by atoms with Gasteiger partial charge < -0.3 is 14.8 Å². The Morgan fingerprint density at radius 2 is 1.85 bits per heavy atom. The predicted molar refractivity (Wildman–Crippen MR) is 130 cm³/mol. The summed E-state index contributed by atoms with van der Waals surface area (Å²) >= 11 is 0. The quantitative estimate of drug-likeness (QED) is 0.589. The average Bonchev–Trinajstić information content (AvgIpc) is 3.30. The summed E-state index contributed by atoms with van der Waals surface area (Å²) in [6.07, 6.45) is 0.463. The summed E-state index contributed by atoms with van der Waals surface area (Å²) in [5, 5.41) is 8.28. The molecule has 0 spiro atoms. The van der Waals surface area contributed by atoms with E-state index in [4.69, 9.17) is 14.5 Å². The first-order chi connectivity index (χ1) is 15.9. The molecule has 9 nitrogen and oxygen atoms in total. The van der Waals surface area contributed by atoms with Crippen molar-refractivity contribution in [2.24, 2.45) is 0 Å². The molecule has 0 saturated carbocycles. The SMILES string of the molecule is COc1ccc(-c2cc(C(=O)NC(C)(C)C)c3c(C)nn(C4CCS(=O)(=O)C4)c3n2)cc1OC. The molecule has 2 aromatic heterocycles. The van der Waals surface area contributed by atoms with Crippen molar-refractivity contribution in [1.82, 2.24) is 20.1 Å². The first-order valence-electron chi connectivity index (χ1n) is 11.1. The number of aryl methyl sites for hydroxylation is 1. The Kier molecular flexibility index (Phi) is 6.05. The highest BCUT2D eigenvalue weighted by molar-refractivity contribution is 7.91. The molecule has 10 heteroatoms. The monoisotopic (exact) mass is 486 g/mol.